The Hall–Kier alpha value is -1.36. The first-order valence-corrected chi connectivity index (χ1v) is 6.26. The van der Waals surface area contributed by atoms with Crippen molar-refractivity contribution in [1.82, 2.24) is 5.32 Å². The molecule has 1 N–H and O–H groups in total. The molecule has 0 saturated carbocycles. The van der Waals surface area contributed by atoms with E-state index in [0.717, 1.165) is 25.1 Å². The molecule has 5 heteroatoms. The molecule has 2 unspecified atom stereocenters. The average Bonchev–Trinajstić information content (AvgIpc) is 2.73. The van der Waals surface area contributed by atoms with Crippen molar-refractivity contribution in [2.75, 3.05) is 6.54 Å². The van der Waals surface area contributed by atoms with Crippen LogP contribution in [0.25, 0.3) is 0 Å². The predicted octanol–water partition coefficient (Wildman–Crippen LogP) is 3.19. The summed E-state index contributed by atoms with van der Waals surface area (Å²) in [5.41, 5.74) is 0.0756. The highest BCUT2D eigenvalue weighted by molar-refractivity contribution is 5.99. The number of benzene rings is 1. The molecule has 0 spiro atoms. The molecule has 1 aliphatic heterocycles. The monoisotopic (exact) mass is 271 g/mol. The zero-order chi connectivity index (χ0) is 14.2. The summed E-state index contributed by atoms with van der Waals surface area (Å²) < 4.78 is 37.7. The van der Waals surface area contributed by atoms with E-state index in [0.29, 0.717) is 11.1 Å². The molecule has 1 fully saturated rings. The van der Waals surface area contributed by atoms with Gasteiger partial charge >= 0.3 is 6.18 Å². The van der Waals surface area contributed by atoms with Gasteiger partial charge in [-0.05, 0) is 44.5 Å². The zero-order valence-electron chi connectivity index (χ0n) is 10.8. The van der Waals surface area contributed by atoms with Gasteiger partial charge in [0.1, 0.15) is 0 Å². The van der Waals surface area contributed by atoms with Crippen molar-refractivity contribution in [1.29, 1.82) is 0 Å². The number of rotatable bonds is 2. The number of Topliss-reactive ketones (excluding diaryl/α,β-unsaturated/α-hetero) is 1. The summed E-state index contributed by atoms with van der Waals surface area (Å²) in [5, 5.41) is 3.17. The van der Waals surface area contributed by atoms with Crippen LogP contribution < -0.4 is 5.32 Å². The molecular formula is C14H16F3NO. The molecule has 1 heterocycles. The van der Waals surface area contributed by atoms with Crippen LogP contribution in [0.1, 0.15) is 34.8 Å². The Morgan fingerprint density at radius 2 is 2.05 bits per heavy atom. The van der Waals surface area contributed by atoms with E-state index in [1.807, 2.05) is 6.92 Å². The van der Waals surface area contributed by atoms with Crippen LogP contribution in [0, 0.1) is 12.8 Å². The molecule has 0 bridgehead atoms. The Bertz CT molecular complexity index is 496. The quantitative estimate of drug-likeness (QED) is 0.837. The van der Waals surface area contributed by atoms with Crippen LogP contribution in [-0.4, -0.2) is 18.4 Å². The third kappa shape index (κ3) is 2.81. The third-order valence-electron chi connectivity index (χ3n) is 3.68. The lowest BCUT2D eigenvalue weighted by molar-refractivity contribution is -0.137. The minimum atomic E-state index is -4.37. The first kappa shape index (κ1) is 14.1. The van der Waals surface area contributed by atoms with E-state index >= 15 is 0 Å². The molecule has 1 aliphatic rings. The van der Waals surface area contributed by atoms with Crippen LogP contribution in [-0.2, 0) is 6.18 Å². The number of hydrogen-bond donors (Lipinski definition) is 1. The third-order valence-corrected chi connectivity index (χ3v) is 3.68. The molecule has 1 aromatic carbocycles. The lowest BCUT2D eigenvalue weighted by atomic mass is 9.89. The first-order chi connectivity index (χ1) is 8.80. The van der Waals surface area contributed by atoms with Gasteiger partial charge in [-0.25, -0.2) is 0 Å². The Morgan fingerprint density at radius 1 is 1.37 bits per heavy atom. The predicted molar refractivity (Wildman–Crippen MR) is 66.1 cm³/mol. The molecule has 2 rings (SSSR count). The molecule has 2 atom stereocenters. The molecule has 1 saturated heterocycles. The molecule has 0 aromatic heterocycles. The fourth-order valence-electron chi connectivity index (χ4n) is 2.53. The van der Waals surface area contributed by atoms with Gasteiger partial charge in [0.25, 0.3) is 0 Å². The molecule has 0 amide bonds. The Morgan fingerprint density at radius 3 is 2.53 bits per heavy atom. The fraction of sp³-hybridized carbons (Fsp3) is 0.500. The van der Waals surface area contributed by atoms with Gasteiger partial charge in [0.05, 0.1) is 5.56 Å². The second kappa shape index (κ2) is 4.96. The van der Waals surface area contributed by atoms with E-state index in [1.165, 1.54) is 6.07 Å². The molecular weight excluding hydrogens is 255 g/mol. The molecule has 104 valence electrons. The SMILES string of the molecule is Cc1cc(C(F)(F)F)ccc1C(=O)C1CCNC1C. The summed E-state index contributed by atoms with van der Waals surface area (Å²) in [5.74, 6) is -0.209. The summed E-state index contributed by atoms with van der Waals surface area (Å²) >= 11 is 0. The van der Waals surface area contributed by atoms with E-state index < -0.39 is 11.7 Å². The number of ketones is 1. The van der Waals surface area contributed by atoms with Crippen LogP contribution in [0.4, 0.5) is 13.2 Å². The largest absolute Gasteiger partial charge is 0.416 e. The average molecular weight is 271 g/mol. The lowest BCUT2D eigenvalue weighted by Gasteiger charge is -2.16. The summed E-state index contributed by atoms with van der Waals surface area (Å²) in [6.45, 7) is 4.25. The number of nitrogens with one attached hydrogen (secondary N) is 1. The van der Waals surface area contributed by atoms with Crippen molar-refractivity contribution in [3.63, 3.8) is 0 Å². The maximum atomic E-state index is 12.6. The van der Waals surface area contributed by atoms with Crippen molar-refractivity contribution < 1.29 is 18.0 Å². The van der Waals surface area contributed by atoms with Crippen molar-refractivity contribution in [2.45, 2.75) is 32.5 Å². The Labute approximate surface area is 110 Å². The van der Waals surface area contributed by atoms with Gasteiger partial charge in [0.2, 0.25) is 0 Å². The van der Waals surface area contributed by atoms with Gasteiger partial charge in [-0.2, -0.15) is 13.2 Å². The second-order valence-electron chi connectivity index (χ2n) is 5.03. The van der Waals surface area contributed by atoms with Crippen LogP contribution in [0.5, 0.6) is 0 Å². The molecule has 1 aromatic rings. The summed E-state index contributed by atoms with van der Waals surface area (Å²) in [6.07, 6.45) is -3.63. The standard InChI is InChI=1S/C14H16F3NO/c1-8-7-10(14(15,16)17)3-4-11(8)13(19)12-5-6-18-9(12)2/h3-4,7,9,12,18H,5-6H2,1-2H3. The normalized spacial score (nSPS) is 23.6. The number of carbonyl (C=O) groups is 1. The van der Waals surface area contributed by atoms with Gasteiger partial charge in [-0.15, -0.1) is 0 Å². The Kier molecular flexibility index (Phi) is 3.67. The van der Waals surface area contributed by atoms with E-state index in [-0.39, 0.29) is 17.7 Å². The van der Waals surface area contributed by atoms with E-state index in [9.17, 15) is 18.0 Å². The molecule has 2 nitrogen and oxygen atoms in total. The van der Waals surface area contributed by atoms with E-state index in [1.54, 1.807) is 6.92 Å². The van der Waals surface area contributed by atoms with Crippen LogP contribution in [0.15, 0.2) is 18.2 Å². The van der Waals surface area contributed by atoms with Crippen molar-refractivity contribution in [3.8, 4) is 0 Å². The topological polar surface area (TPSA) is 29.1 Å². The summed E-state index contributed by atoms with van der Waals surface area (Å²) in [7, 11) is 0. The highest BCUT2D eigenvalue weighted by Crippen LogP contribution is 2.31. The van der Waals surface area contributed by atoms with Gasteiger partial charge in [-0.1, -0.05) is 6.07 Å². The van der Waals surface area contributed by atoms with Crippen molar-refractivity contribution in [3.05, 3.63) is 34.9 Å². The minimum absolute atomic E-state index is 0.0660. The number of hydrogen-bond acceptors (Lipinski definition) is 2. The maximum absolute atomic E-state index is 12.6. The minimum Gasteiger partial charge on any atom is -0.313 e. The highest BCUT2D eigenvalue weighted by atomic mass is 19.4. The highest BCUT2D eigenvalue weighted by Gasteiger charge is 2.33. The van der Waals surface area contributed by atoms with Crippen LogP contribution in [0.3, 0.4) is 0 Å². The molecule has 0 radical (unpaired) electrons. The number of carbonyl (C=O) groups excluding carboxylic acids is 1. The van der Waals surface area contributed by atoms with Gasteiger partial charge in [0.15, 0.2) is 5.78 Å². The molecule has 0 aliphatic carbocycles. The van der Waals surface area contributed by atoms with Crippen molar-refractivity contribution in [2.24, 2.45) is 5.92 Å². The lowest BCUT2D eigenvalue weighted by Crippen LogP contribution is -2.28. The van der Waals surface area contributed by atoms with E-state index in [4.69, 9.17) is 0 Å². The van der Waals surface area contributed by atoms with Crippen LogP contribution in [0.2, 0.25) is 0 Å². The summed E-state index contributed by atoms with van der Waals surface area (Å²) in [4.78, 5) is 12.3. The maximum Gasteiger partial charge on any atom is 0.416 e. The van der Waals surface area contributed by atoms with Crippen LogP contribution >= 0.6 is 0 Å². The zero-order valence-corrected chi connectivity index (χ0v) is 10.8. The number of alkyl halides is 3. The fourth-order valence-corrected chi connectivity index (χ4v) is 2.53. The summed E-state index contributed by atoms with van der Waals surface area (Å²) in [6, 6.07) is 3.40. The first-order valence-electron chi connectivity index (χ1n) is 6.26. The number of aryl methyl sites for hydroxylation is 1. The van der Waals surface area contributed by atoms with Gasteiger partial charge < -0.3 is 5.32 Å². The number of halogens is 3. The van der Waals surface area contributed by atoms with Crippen molar-refractivity contribution >= 4 is 5.78 Å². The van der Waals surface area contributed by atoms with Gasteiger partial charge in [0, 0.05) is 17.5 Å². The Balaban J connectivity index is 2.29. The van der Waals surface area contributed by atoms with E-state index in [2.05, 4.69) is 5.32 Å². The second-order valence-corrected chi connectivity index (χ2v) is 5.03. The molecule has 19 heavy (non-hydrogen) atoms. The smallest absolute Gasteiger partial charge is 0.313 e. The van der Waals surface area contributed by atoms with Gasteiger partial charge in [-0.3, -0.25) is 4.79 Å².